The van der Waals surface area contributed by atoms with Crippen molar-refractivity contribution in [2.45, 2.75) is 77.6 Å². The number of unbranched alkanes of at least 4 members (excludes halogenated alkanes) is 10. The average molecular weight is 302 g/mol. The Hall–Kier alpha value is -0.610. The molecule has 0 aromatic heterocycles. The quantitative estimate of drug-likeness (QED) is 0.224. The van der Waals surface area contributed by atoms with Crippen molar-refractivity contribution >= 4 is 5.97 Å². The Balaban J connectivity index is 3.33. The fourth-order valence-corrected chi connectivity index (χ4v) is 2.66. The summed E-state index contributed by atoms with van der Waals surface area (Å²) in [5.41, 5.74) is 0. The largest absolute Gasteiger partial charge is 0.395 e. The van der Waals surface area contributed by atoms with Crippen molar-refractivity contribution in [1.29, 1.82) is 0 Å². The van der Waals surface area contributed by atoms with Crippen molar-refractivity contribution in [3.05, 3.63) is 0 Å². The number of likely N-dealkylation sites (N-methyl/N-ethyl adjacent to an activating group) is 1. The molecule has 0 spiro atoms. The van der Waals surface area contributed by atoms with Crippen LogP contribution in [0.5, 0.6) is 0 Å². The van der Waals surface area contributed by atoms with Gasteiger partial charge in [-0.3, -0.25) is 4.89 Å². The molecule has 21 heavy (non-hydrogen) atoms. The van der Waals surface area contributed by atoms with E-state index in [1.54, 1.807) is 0 Å². The zero-order valence-corrected chi connectivity index (χ0v) is 14.4. The molecule has 0 aliphatic rings. The molecule has 0 radical (unpaired) electrons. The van der Waals surface area contributed by atoms with E-state index in [0.29, 0.717) is 4.48 Å². The van der Waals surface area contributed by atoms with Gasteiger partial charge >= 0.3 is 5.97 Å². The molecule has 0 saturated carbocycles. The van der Waals surface area contributed by atoms with Gasteiger partial charge in [0.15, 0.2) is 6.54 Å². The second-order valence-electron chi connectivity index (χ2n) is 6.82. The second kappa shape index (κ2) is 13.1. The van der Waals surface area contributed by atoms with Gasteiger partial charge in [0.05, 0.1) is 20.6 Å². The molecule has 0 unspecified atom stereocenters. The molecule has 0 amide bonds. The third-order valence-corrected chi connectivity index (χ3v) is 4.03. The highest BCUT2D eigenvalue weighted by atomic mass is 17.1. The van der Waals surface area contributed by atoms with Crippen molar-refractivity contribution in [3.8, 4) is 0 Å². The molecule has 0 rings (SSSR count). The summed E-state index contributed by atoms with van der Waals surface area (Å²) in [6, 6.07) is 0. The number of rotatable bonds is 14. The first-order valence-electron chi connectivity index (χ1n) is 8.68. The predicted molar refractivity (Wildman–Crippen MR) is 87.0 cm³/mol. The number of hydrogen-bond acceptors (Lipinski definition) is 3. The standard InChI is InChI=1S/C17H35NO3/c1-4-5-6-7-8-9-10-11-12-13-14-15-18(2,3)16-17(19)21-20/h4-16H2,1-3H3/p+1. The van der Waals surface area contributed by atoms with Gasteiger partial charge < -0.3 is 4.48 Å². The second-order valence-corrected chi connectivity index (χ2v) is 6.82. The van der Waals surface area contributed by atoms with E-state index in [9.17, 15) is 4.79 Å². The lowest BCUT2D eigenvalue weighted by atomic mass is 10.1. The van der Waals surface area contributed by atoms with Gasteiger partial charge in [0.1, 0.15) is 0 Å². The first kappa shape index (κ1) is 20.4. The van der Waals surface area contributed by atoms with Crippen LogP contribution in [0.3, 0.4) is 0 Å². The first-order valence-corrected chi connectivity index (χ1v) is 8.68. The summed E-state index contributed by atoms with van der Waals surface area (Å²) in [5.74, 6) is -0.553. The molecule has 1 N–H and O–H groups in total. The molecule has 0 heterocycles. The highest BCUT2D eigenvalue weighted by Gasteiger charge is 2.20. The van der Waals surface area contributed by atoms with Crippen LogP contribution in [-0.2, 0) is 9.68 Å². The Morgan fingerprint density at radius 1 is 0.857 bits per heavy atom. The van der Waals surface area contributed by atoms with Crippen LogP contribution < -0.4 is 0 Å². The summed E-state index contributed by atoms with van der Waals surface area (Å²) in [4.78, 5) is 14.8. The molecule has 0 bridgehead atoms. The maximum absolute atomic E-state index is 11.0. The highest BCUT2D eigenvalue weighted by molar-refractivity contribution is 5.69. The van der Waals surface area contributed by atoms with Crippen molar-refractivity contribution in [2.24, 2.45) is 0 Å². The number of carbonyl (C=O) groups is 1. The van der Waals surface area contributed by atoms with Gasteiger partial charge in [-0.2, -0.15) is 5.26 Å². The molecule has 0 aliphatic heterocycles. The predicted octanol–water partition coefficient (Wildman–Crippen LogP) is 4.39. The molecule has 0 aromatic carbocycles. The molecule has 4 nitrogen and oxygen atoms in total. The van der Waals surface area contributed by atoms with E-state index in [4.69, 9.17) is 5.26 Å². The molecule has 0 atom stereocenters. The smallest absolute Gasteiger partial charge is 0.319 e. The maximum atomic E-state index is 11.0. The SMILES string of the molecule is CCCCCCCCCCCCC[N+](C)(C)CC(=O)OO. The third-order valence-electron chi connectivity index (χ3n) is 4.03. The lowest BCUT2D eigenvalue weighted by Crippen LogP contribution is -2.44. The van der Waals surface area contributed by atoms with Crippen LogP contribution in [0.2, 0.25) is 0 Å². The van der Waals surface area contributed by atoms with E-state index >= 15 is 0 Å². The van der Waals surface area contributed by atoms with Gasteiger partial charge in [0.2, 0.25) is 0 Å². The molecular weight excluding hydrogens is 266 g/mol. The molecule has 0 saturated heterocycles. The Kier molecular flexibility index (Phi) is 12.7. The van der Waals surface area contributed by atoms with Crippen LogP contribution in [0.15, 0.2) is 0 Å². The Morgan fingerprint density at radius 2 is 1.29 bits per heavy atom. The Labute approximate surface area is 131 Å². The van der Waals surface area contributed by atoms with Crippen LogP contribution in [0.4, 0.5) is 0 Å². The zero-order valence-electron chi connectivity index (χ0n) is 14.4. The van der Waals surface area contributed by atoms with E-state index in [0.717, 1.165) is 13.0 Å². The van der Waals surface area contributed by atoms with Gasteiger partial charge in [0.25, 0.3) is 0 Å². The van der Waals surface area contributed by atoms with E-state index < -0.39 is 5.97 Å². The van der Waals surface area contributed by atoms with Crippen molar-refractivity contribution in [2.75, 3.05) is 27.2 Å². The van der Waals surface area contributed by atoms with Gasteiger partial charge in [-0.25, -0.2) is 4.79 Å². The van der Waals surface area contributed by atoms with Gasteiger partial charge in [0, 0.05) is 0 Å². The van der Waals surface area contributed by atoms with E-state index in [-0.39, 0.29) is 6.54 Å². The minimum atomic E-state index is -0.553. The van der Waals surface area contributed by atoms with Gasteiger partial charge in [-0.1, -0.05) is 64.7 Å². The number of hydrogen-bond donors (Lipinski definition) is 1. The minimum Gasteiger partial charge on any atom is -0.319 e. The average Bonchev–Trinajstić information content (AvgIpc) is 2.44. The van der Waals surface area contributed by atoms with Crippen LogP contribution >= 0.6 is 0 Å². The molecule has 4 heteroatoms. The van der Waals surface area contributed by atoms with Crippen LogP contribution in [-0.4, -0.2) is 42.9 Å². The van der Waals surface area contributed by atoms with Gasteiger partial charge in [-0.05, 0) is 12.8 Å². The normalized spacial score (nSPS) is 11.6. The van der Waals surface area contributed by atoms with Crippen molar-refractivity contribution < 1.29 is 19.4 Å². The maximum Gasteiger partial charge on any atom is 0.395 e. The fourth-order valence-electron chi connectivity index (χ4n) is 2.66. The first-order chi connectivity index (χ1) is 10.0. The third kappa shape index (κ3) is 14.1. The van der Waals surface area contributed by atoms with E-state index in [2.05, 4.69) is 11.8 Å². The summed E-state index contributed by atoms with van der Waals surface area (Å²) in [5, 5.41) is 8.30. The molecule has 126 valence electrons. The topological polar surface area (TPSA) is 46.5 Å². The van der Waals surface area contributed by atoms with E-state index in [1.807, 2.05) is 14.1 Å². The fraction of sp³-hybridized carbons (Fsp3) is 0.941. The highest BCUT2D eigenvalue weighted by Crippen LogP contribution is 2.12. The van der Waals surface area contributed by atoms with Crippen LogP contribution in [0, 0.1) is 0 Å². The number of nitrogens with zero attached hydrogens (tertiary/aromatic N) is 1. The summed E-state index contributed by atoms with van der Waals surface area (Å²) >= 11 is 0. The number of carbonyl (C=O) groups excluding carboxylic acids is 1. The molecule has 0 aromatic rings. The molecular formula is C17H36NO3+. The lowest BCUT2D eigenvalue weighted by Gasteiger charge is -2.27. The summed E-state index contributed by atoms with van der Waals surface area (Å²) in [6.45, 7) is 3.44. The lowest BCUT2D eigenvalue weighted by molar-refractivity contribution is -0.883. The zero-order chi connectivity index (χ0) is 16.0. The number of quaternary nitrogens is 1. The van der Waals surface area contributed by atoms with Crippen LogP contribution in [0.1, 0.15) is 77.6 Å². The van der Waals surface area contributed by atoms with Crippen molar-refractivity contribution in [3.63, 3.8) is 0 Å². The minimum absolute atomic E-state index is 0.230. The summed E-state index contributed by atoms with van der Waals surface area (Å²) in [6.07, 6.45) is 14.6. The molecule has 0 aliphatic carbocycles. The van der Waals surface area contributed by atoms with E-state index in [1.165, 1.54) is 64.2 Å². The summed E-state index contributed by atoms with van der Waals surface area (Å²) < 4.78 is 0.580. The summed E-state index contributed by atoms with van der Waals surface area (Å²) in [7, 11) is 3.99. The van der Waals surface area contributed by atoms with Gasteiger partial charge in [-0.15, -0.1) is 0 Å². The Morgan fingerprint density at radius 3 is 1.71 bits per heavy atom. The monoisotopic (exact) mass is 302 g/mol. The van der Waals surface area contributed by atoms with Crippen LogP contribution in [0.25, 0.3) is 0 Å². The molecule has 0 fully saturated rings. The van der Waals surface area contributed by atoms with Crippen molar-refractivity contribution in [1.82, 2.24) is 0 Å². The Bertz CT molecular complexity index is 254.